The van der Waals surface area contributed by atoms with Crippen LogP contribution >= 0.6 is 11.3 Å². The number of aromatic nitrogens is 1. The van der Waals surface area contributed by atoms with Gasteiger partial charge in [-0.15, -0.1) is 11.3 Å². The molecule has 0 saturated carbocycles. The standard InChI is InChI=1S/C17H28N4O2S/c1-14-15(24-13-18-14)11-20-8-7-19(2)17(12-20)4-3-16(23)21(6-5-17)9-10-22/h13,22H,3-12H2,1-2H3/t17-/m1/s1. The second kappa shape index (κ2) is 7.47. The number of likely N-dealkylation sites (tertiary alicyclic amines) is 1. The van der Waals surface area contributed by atoms with Crippen LogP contribution in [0.15, 0.2) is 5.51 Å². The molecule has 7 heteroatoms. The Balaban J connectivity index is 1.70. The van der Waals surface area contributed by atoms with Crippen molar-refractivity contribution >= 4 is 17.2 Å². The predicted molar refractivity (Wildman–Crippen MR) is 95.0 cm³/mol. The number of carbonyl (C=O) groups excluding carboxylic acids is 1. The fourth-order valence-corrected chi connectivity index (χ4v) is 4.77. The molecule has 3 heterocycles. The number of piperazine rings is 1. The van der Waals surface area contributed by atoms with Crippen LogP contribution in [-0.2, 0) is 11.3 Å². The first-order valence-corrected chi connectivity index (χ1v) is 9.63. The van der Waals surface area contributed by atoms with E-state index >= 15 is 0 Å². The summed E-state index contributed by atoms with van der Waals surface area (Å²) in [5.41, 5.74) is 3.13. The van der Waals surface area contributed by atoms with Gasteiger partial charge in [-0.25, -0.2) is 4.98 Å². The third-order valence-corrected chi connectivity index (χ3v) is 6.59. The van der Waals surface area contributed by atoms with Gasteiger partial charge in [-0.1, -0.05) is 0 Å². The highest BCUT2D eigenvalue weighted by Gasteiger charge is 2.42. The molecule has 1 spiro atoms. The van der Waals surface area contributed by atoms with Gasteiger partial charge < -0.3 is 10.0 Å². The molecule has 3 rings (SSSR count). The summed E-state index contributed by atoms with van der Waals surface area (Å²) >= 11 is 1.73. The summed E-state index contributed by atoms with van der Waals surface area (Å²) < 4.78 is 0. The van der Waals surface area contributed by atoms with Crippen LogP contribution in [0.4, 0.5) is 0 Å². The minimum atomic E-state index is 0.0470. The van der Waals surface area contributed by atoms with E-state index in [-0.39, 0.29) is 18.1 Å². The number of thiazole rings is 1. The van der Waals surface area contributed by atoms with E-state index in [2.05, 4.69) is 28.8 Å². The molecule has 24 heavy (non-hydrogen) atoms. The highest BCUT2D eigenvalue weighted by molar-refractivity contribution is 7.09. The number of hydrogen-bond donors (Lipinski definition) is 1. The maximum Gasteiger partial charge on any atom is 0.222 e. The fraction of sp³-hybridized carbons (Fsp3) is 0.765. The van der Waals surface area contributed by atoms with E-state index < -0.39 is 0 Å². The van der Waals surface area contributed by atoms with Crippen LogP contribution in [0, 0.1) is 6.92 Å². The Morgan fingerprint density at radius 3 is 2.88 bits per heavy atom. The molecule has 1 amide bonds. The first-order valence-electron chi connectivity index (χ1n) is 8.75. The van der Waals surface area contributed by atoms with Crippen molar-refractivity contribution in [3.8, 4) is 0 Å². The third-order valence-electron chi connectivity index (χ3n) is 5.67. The van der Waals surface area contributed by atoms with Gasteiger partial charge in [-0.3, -0.25) is 14.6 Å². The van der Waals surface area contributed by atoms with Gasteiger partial charge in [0, 0.05) is 56.1 Å². The van der Waals surface area contributed by atoms with E-state index in [1.165, 1.54) is 4.88 Å². The Kier molecular flexibility index (Phi) is 5.54. The van der Waals surface area contributed by atoms with Gasteiger partial charge in [0.05, 0.1) is 17.8 Å². The molecule has 0 aromatic carbocycles. The average Bonchev–Trinajstić information content (AvgIpc) is 2.90. The van der Waals surface area contributed by atoms with Gasteiger partial charge in [0.25, 0.3) is 0 Å². The molecule has 0 bridgehead atoms. The van der Waals surface area contributed by atoms with Crippen LogP contribution < -0.4 is 0 Å². The SMILES string of the molecule is Cc1ncsc1CN1CCN(C)[C@@]2(CCC(=O)N(CCO)CC2)C1. The Hall–Kier alpha value is -1.02. The van der Waals surface area contributed by atoms with Gasteiger partial charge in [0.1, 0.15) is 0 Å². The van der Waals surface area contributed by atoms with Crippen molar-refractivity contribution < 1.29 is 9.90 Å². The van der Waals surface area contributed by atoms with Crippen LogP contribution in [-0.4, -0.2) is 82.6 Å². The Labute approximate surface area is 148 Å². The van der Waals surface area contributed by atoms with Crippen LogP contribution in [0.1, 0.15) is 29.8 Å². The molecule has 0 aliphatic carbocycles. The highest BCUT2D eigenvalue weighted by atomic mass is 32.1. The Morgan fingerprint density at radius 2 is 2.17 bits per heavy atom. The third kappa shape index (κ3) is 3.64. The summed E-state index contributed by atoms with van der Waals surface area (Å²) in [4.78, 5) is 24.8. The Bertz CT molecular complexity index is 579. The summed E-state index contributed by atoms with van der Waals surface area (Å²) in [6, 6.07) is 0. The number of nitrogens with zero attached hydrogens (tertiary/aromatic N) is 4. The zero-order valence-corrected chi connectivity index (χ0v) is 15.5. The minimum Gasteiger partial charge on any atom is -0.395 e. The second-order valence-electron chi connectivity index (χ2n) is 7.07. The predicted octanol–water partition coefficient (Wildman–Crippen LogP) is 0.943. The van der Waals surface area contributed by atoms with Crippen molar-refractivity contribution in [3.05, 3.63) is 16.1 Å². The lowest BCUT2D eigenvalue weighted by Crippen LogP contribution is -2.60. The summed E-state index contributed by atoms with van der Waals surface area (Å²) in [6.07, 6.45) is 2.47. The fourth-order valence-electron chi connectivity index (χ4n) is 3.95. The van der Waals surface area contributed by atoms with E-state index in [1.807, 2.05) is 10.4 Å². The van der Waals surface area contributed by atoms with Crippen LogP contribution in [0.2, 0.25) is 0 Å². The molecule has 0 radical (unpaired) electrons. The lowest BCUT2D eigenvalue weighted by molar-refractivity contribution is -0.131. The van der Waals surface area contributed by atoms with Crippen molar-refractivity contribution in [3.63, 3.8) is 0 Å². The quantitative estimate of drug-likeness (QED) is 0.874. The lowest BCUT2D eigenvalue weighted by Gasteiger charge is -2.49. The molecule has 2 fully saturated rings. The molecule has 6 nitrogen and oxygen atoms in total. The molecular weight excluding hydrogens is 324 g/mol. The summed E-state index contributed by atoms with van der Waals surface area (Å²) in [6.45, 7) is 7.39. The van der Waals surface area contributed by atoms with Gasteiger partial charge in [-0.2, -0.15) is 0 Å². The average molecular weight is 353 g/mol. The van der Waals surface area contributed by atoms with E-state index in [0.717, 1.165) is 51.3 Å². The lowest BCUT2D eigenvalue weighted by atomic mass is 9.86. The first kappa shape index (κ1) is 17.8. The molecule has 2 aliphatic heterocycles. The van der Waals surface area contributed by atoms with Crippen molar-refractivity contribution in [1.82, 2.24) is 19.7 Å². The van der Waals surface area contributed by atoms with E-state index in [0.29, 0.717) is 13.0 Å². The Morgan fingerprint density at radius 1 is 1.33 bits per heavy atom. The zero-order chi connectivity index (χ0) is 17.2. The number of aliphatic hydroxyl groups excluding tert-OH is 1. The molecule has 1 atom stereocenters. The molecule has 2 saturated heterocycles. The number of rotatable bonds is 4. The topological polar surface area (TPSA) is 59.9 Å². The molecule has 2 aliphatic rings. The van der Waals surface area contributed by atoms with Crippen LogP contribution in [0.25, 0.3) is 0 Å². The second-order valence-corrected chi connectivity index (χ2v) is 8.01. The number of aryl methyl sites for hydroxylation is 1. The molecule has 134 valence electrons. The molecule has 1 aromatic rings. The number of likely N-dealkylation sites (N-methyl/N-ethyl adjacent to an activating group) is 1. The van der Waals surface area contributed by atoms with Gasteiger partial charge in [-0.05, 0) is 26.8 Å². The smallest absolute Gasteiger partial charge is 0.222 e. The largest absolute Gasteiger partial charge is 0.395 e. The maximum atomic E-state index is 12.3. The monoisotopic (exact) mass is 352 g/mol. The highest BCUT2D eigenvalue weighted by Crippen LogP contribution is 2.33. The van der Waals surface area contributed by atoms with Crippen molar-refractivity contribution in [2.24, 2.45) is 0 Å². The molecule has 1 aromatic heterocycles. The van der Waals surface area contributed by atoms with Gasteiger partial charge >= 0.3 is 0 Å². The number of β-amino-alcohol motifs (C(OH)–C–C–N with tert-alkyl or cyclic N) is 1. The molecule has 1 N–H and O–H groups in total. The summed E-state index contributed by atoms with van der Waals surface area (Å²) in [5.74, 6) is 0.185. The van der Waals surface area contributed by atoms with Crippen LogP contribution in [0.3, 0.4) is 0 Å². The zero-order valence-electron chi connectivity index (χ0n) is 14.7. The molecular formula is C17H28N4O2S. The van der Waals surface area contributed by atoms with Crippen LogP contribution in [0.5, 0.6) is 0 Å². The van der Waals surface area contributed by atoms with E-state index in [4.69, 9.17) is 0 Å². The number of aliphatic hydroxyl groups is 1. The van der Waals surface area contributed by atoms with Crippen molar-refractivity contribution in [1.29, 1.82) is 0 Å². The van der Waals surface area contributed by atoms with Gasteiger partial charge in [0.15, 0.2) is 0 Å². The number of amides is 1. The first-order chi connectivity index (χ1) is 11.5. The normalized spacial score (nSPS) is 27.0. The van der Waals surface area contributed by atoms with Crippen molar-refractivity contribution in [2.75, 3.05) is 46.4 Å². The summed E-state index contributed by atoms with van der Waals surface area (Å²) in [7, 11) is 2.20. The molecule has 0 unspecified atom stereocenters. The number of carbonyl (C=O) groups is 1. The van der Waals surface area contributed by atoms with Crippen molar-refractivity contribution in [2.45, 2.75) is 38.3 Å². The van der Waals surface area contributed by atoms with E-state index in [9.17, 15) is 9.90 Å². The van der Waals surface area contributed by atoms with Gasteiger partial charge in [0.2, 0.25) is 5.91 Å². The minimum absolute atomic E-state index is 0.0470. The van der Waals surface area contributed by atoms with E-state index in [1.54, 1.807) is 11.3 Å². The number of hydrogen-bond acceptors (Lipinski definition) is 6. The maximum absolute atomic E-state index is 12.3. The summed E-state index contributed by atoms with van der Waals surface area (Å²) in [5, 5.41) is 9.18.